The van der Waals surface area contributed by atoms with Gasteiger partial charge in [-0.2, -0.15) is 4.31 Å². The van der Waals surface area contributed by atoms with Gasteiger partial charge in [-0.15, -0.1) is 0 Å². The number of amides is 1. The van der Waals surface area contributed by atoms with Crippen molar-refractivity contribution >= 4 is 15.9 Å². The zero-order valence-corrected chi connectivity index (χ0v) is 18.0. The van der Waals surface area contributed by atoms with Crippen LogP contribution in [0.3, 0.4) is 0 Å². The molecule has 162 valence electrons. The maximum Gasteiger partial charge on any atom is 0.243 e. The molecule has 2 aromatic carbocycles. The Morgan fingerprint density at radius 3 is 2.63 bits per heavy atom. The van der Waals surface area contributed by atoms with Crippen LogP contribution in [0.25, 0.3) is 0 Å². The number of nitrogens with zero attached hydrogens (tertiary/aromatic N) is 1. The number of piperidine rings is 1. The smallest absolute Gasteiger partial charge is 0.243 e. The summed E-state index contributed by atoms with van der Waals surface area (Å²) < 4.78 is 46.1. The number of hydrogen-bond donors (Lipinski definition) is 1. The van der Waals surface area contributed by atoms with E-state index in [2.05, 4.69) is 5.32 Å². The molecule has 1 N–H and O–H groups in total. The first kappa shape index (κ1) is 22.2. The second-order valence-corrected chi connectivity index (χ2v) is 9.34. The Kier molecular flexibility index (Phi) is 7.10. The fourth-order valence-corrected chi connectivity index (χ4v) is 5.17. The van der Waals surface area contributed by atoms with Gasteiger partial charge in [0.1, 0.15) is 11.6 Å². The highest BCUT2D eigenvalue weighted by Crippen LogP contribution is 2.27. The summed E-state index contributed by atoms with van der Waals surface area (Å²) in [4.78, 5) is 12.8. The van der Waals surface area contributed by atoms with Crippen LogP contribution in [0.5, 0.6) is 5.75 Å². The zero-order valence-electron chi connectivity index (χ0n) is 17.2. The number of hydrogen-bond acceptors (Lipinski definition) is 4. The third kappa shape index (κ3) is 5.17. The van der Waals surface area contributed by atoms with Gasteiger partial charge in [-0.05, 0) is 68.1 Å². The highest BCUT2D eigenvalue weighted by molar-refractivity contribution is 7.89. The Balaban J connectivity index is 1.66. The quantitative estimate of drug-likeness (QED) is 0.726. The molecule has 1 heterocycles. The number of carbonyl (C=O) groups is 1. The third-order valence-corrected chi connectivity index (χ3v) is 7.08. The molecule has 0 bridgehead atoms. The van der Waals surface area contributed by atoms with Gasteiger partial charge in [-0.3, -0.25) is 4.79 Å². The predicted octanol–water partition coefficient (Wildman–Crippen LogP) is 3.25. The second kappa shape index (κ2) is 9.57. The maximum absolute atomic E-state index is 13.1. The number of ether oxygens (including phenoxy) is 1. The molecule has 0 aromatic heterocycles. The van der Waals surface area contributed by atoms with Gasteiger partial charge >= 0.3 is 0 Å². The predicted molar refractivity (Wildman–Crippen MR) is 112 cm³/mol. The van der Waals surface area contributed by atoms with Crippen LogP contribution in [-0.2, 0) is 21.4 Å². The van der Waals surface area contributed by atoms with Crippen molar-refractivity contribution in [2.24, 2.45) is 5.92 Å². The lowest BCUT2D eigenvalue weighted by molar-refractivity contribution is -0.126. The van der Waals surface area contributed by atoms with Crippen LogP contribution in [0.4, 0.5) is 4.39 Å². The number of sulfonamides is 1. The van der Waals surface area contributed by atoms with Crippen LogP contribution < -0.4 is 10.1 Å². The number of benzene rings is 2. The summed E-state index contributed by atoms with van der Waals surface area (Å²) >= 11 is 0. The maximum atomic E-state index is 13.1. The highest BCUT2D eigenvalue weighted by atomic mass is 32.2. The summed E-state index contributed by atoms with van der Waals surface area (Å²) in [5.41, 5.74) is 1.54. The molecule has 8 heteroatoms. The van der Waals surface area contributed by atoms with Crippen LogP contribution in [-0.4, -0.2) is 38.3 Å². The molecular formula is C22H27FN2O4S. The van der Waals surface area contributed by atoms with Crippen molar-refractivity contribution in [2.45, 2.75) is 38.1 Å². The molecule has 0 unspecified atom stereocenters. The van der Waals surface area contributed by atoms with E-state index in [0.717, 1.165) is 11.1 Å². The van der Waals surface area contributed by atoms with E-state index in [1.807, 2.05) is 13.8 Å². The summed E-state index contributed by atoms with van der Waals surface area (Å²) in [7, 11) is -3.70. The summed E-state index contributed by atoms with van der Waals surface area (Å²) in [5.74, 6) is -0.282. The van der Waals surface area contributed by atoms with E-state index in [1.165, 1.54) is 16.4 Å². The minimum Gasteiger partial charge on any atom is -0.494 e. The van der Waals surface area contributed by atoms with Crippen LogP contribution in [0.15, 0.2) is 47.4 Å². The second-order valence-electron chi connectivity index (χ2n) is 7.41. The molecule has 1 aliphatic heterocycles. The van der Waals surface area contributed by atoms with Gasteiger partial charge in [0, 0.05) is 19.6 Å². The molecule has 0 saturated carbocycles. The van der Waals surface area contributed by atoms with Crippen molar-refractivity contribution in [3.8, 4) is 5.75 Å². The molecule has 1 fully saturated rings. The summed E-state index contributed by atoms with van der Waals surface area (Å²) in [6.45, 7) is 5.00. The molecule has 1 atom stereocenters. The molecule has 0 spiro atoms. The normalized spacial score (nSPS) is 17.5. The molecule has 2 aromatic rings. The van der Waals surface area contributed by atoms with Crippen LogP contribution in [0, 0.1) is 18.7 Å². The minimum absolute atomic E-state index is 0.143. The molecular weight excluding hydrogens is 407 g/mol. The Labute approximate surface area is 177 Å². The first-order chi connectivity index (χ1) is 14.3. The van der Waals surface area contributed by atoms with Crippen molar-refractivity contribution in [1.29, 1.82) is 0 Å². The Hall–Kier alpha value is -2.45. The number of aryl methyl sites for hydroxylation is 1. The number of rotatable bonds is 7. The van der Waals surface area contributed by atoms with Gasteiger partial charge in [-0.1, -0.05) is 12.1 Å². The van der Waals surface area contributed by atoms with Crippen molar-refractivity contribution in [3.05, 3.63) is 59.4 Å². The van der Waals surface area contributed by atoms with Crippen molar-refractivity contribution in [3.63, 3.8) is 0 Å². The van der Waals surface area contributed by atoms with Gasteiger partial charge in [0.25, 0.3) is 0 Å². The van der Waals surface area contributed by atoms with Gasteiger partial charge < -0.3 is 10.1 Å². The molecule has 1 saturated heterocycles. The Bertz CT molecular complexity index is 993. The third-order valence-electron chi connectivity index (χ3n) is 5.22. The van der Waals surface area contributed by atoms with E-state index in [4.69, 9.17) is 4.74 Å². The van der Waals surface area contributed by atoms with E-state index < -0.39 is 15.9 Å². The van der Waals surface area contributed by atoms with Crippen LogP contribution >= 0.6 is 0 Å². The van der Waals surface area contributed by atoms with Crippen molar-refractivity contribution in [2.75, 3.05) is 19.7 Å². The lowest BCUT2D eigenvalue weighted by Crippen LogP contribution is -2.45. The van der Waals surface area contributed by atoms with Crippen LogP contribution in [0.2, 0.25) is 0 Å². The van der Waals surface area contributed by atoms with Gasteiger partial charge in [0.2, 0.25) is 15.9 Å². The molecule has 0 radical (unpaired) electrons. The summed E-state index contributed by atoms with van der Waals surface area (Å²) in [5, 5.41) is 2.83. The molecule has 1 aliphatic rings. The van der Waals surface area contributed by atoms with E-state index in [9.17, 15) is 17.6 Å². The molecule has 1 amide bonds. The number of carbonyl (C=O) groups excluding carboxylic acids is 1. The van der Waals surface area contributed by atoms with Crippen LogP contribution in [0.1, 0.15) is 30.9 Å². The van der Waals surface area contributed by atoms with E-state index in [0.29, 0.717) is 31.7 Å². The van der Waals surface area contributed by atoms with Gasteiger partial charge in [0.05, 0.1) is 17.4 Å². The topological polar surface area (TPSA) is 75.7 Å². The first-order valence-electron chi connectivity index (χ1n) is 10.1. The lowest BCUT2D eigenvalue weighted by atomic mass is 9.99. The molecule has 0 aliphatic carbocycles. The largest absolute Gasteiger partial charge is 0.494 e. The SMILES string of the molecule is CCOc1ccc(S(=O)(=O)N2CCC[C@@H](C(=O)NCc3ccc(F)cc3)C2)cc1C. The average Bonchev–Trinajstić information content (AvgIpc) is 2.74. The van der Waals surface area contributed by atoms with E-state index in [-0.39, 0.29) is 29.7 Å². The lowest BCUT2D eigenvalue weighted by Gasteiger charge is -2.31. The monoisotopic (exact) mass is 434 g/mol. The highest BCUT2D eigenvalue weighted by Gasteiger charge is 2.33. The average molecular weight is 435 g/mol. The molecule has 30 heavy (non-hydrogen) atoms. The number of nitrogens with one attached hydrogen (secondary N) is 1. The van der Waals surface area contributed by atoms with Crippen molar-refractivity contribution < 1.29 is 22.3 Å². The fourth-order valence-electron chi connectivity index (χ4n) is 3.56. The first-order valence-corrected chi connectivity index (χ1v) is 11.5. The Morgan fingerprint density at radius 2 is 1.97 bits per heavy atom. The van der Waals surface area contributed by atoms with E-state index in [1.54, 1.807) is 30.3 Å². The number of halogens is 1. The zero-order chi connectivity index (χ0) is 21.7. The van der Waals surface area contributed by atoms with E-state index >= 15 is 0 Å². The molecule has 6 nitrogen and oxygen atoms in total. The van der Waals surface area contributed by atoms with Crippen molar-refractivity contribution in [1.82, 2.24) is 9.62 Å². The Morgan fingerprint density at radius 1 is 1.23 bits per heavy atom. The molecule has 3 rings (SSSR count). The van der Waals surface area contributed by atoms with Gasteiger partial charge in [-0.25, -0.2) is 12.8 Å². The minimum atomic E-state index is -3.70. The fraction of sp³-hybridized carbons (Fsp3) is 0.409. The van der Waals surface area contributed by atoms with Gasteiger partial charge in [0.15, 0.2) is 0 Å². The summed E-state index contributed by atoms with van der Waals surface area (Å²) in [6, 6.07) is 10.7. The summed E-state index contributed by atoms with van der Waals surface area (Å²) in [6.07, 6.45) is 1.24. The standard InChI is InChI=1S/C22H27FN2O4S/c1-3-29-21-11-10-20(13-16(21)2)30(27,28)25-12-4-5-18(15-25)22(26)24-14-17-6-8-19(23)9-7-17/h6-11,13,18H,3-5,12,14-15H2,1-2H3,(H,24,26)/t18-/m1/s1.